The SMILES string of the molecule is C=CS(=O)(=O)N1CCc2c([nH]c(=O)c3ccccc23)C1.CC(=O)c1cccc(S(=O)(=O)N2CCc3c([nH]c(=O)c4ccccc34)C2)c1.CCCS(=O)(=O)N1CCc2c([nH]c(=O)c3ccccc23)C1.O=C(O)c1cccc(S(=O)(=O)N2CCc3c([nH]c(=O)c4ccccc34)C2)c1.O=c1[nH]c2c(c3ccccc13)CCNC2. The van der Waals surface area contributed by atoms with Crippen LogP contribution in [0.25, 0.3) is 53.9 Å². The second kappa shape index (κ2) is 31.9. The number of pyridine rings is 5. The summed E-state index contributed by atoms with van der Waals surface area (Å²) in [6.45, 7) is 10.4. The normalized spacial score (nSPS) is 15.3. The van der Waals surface area contributed by atoms with Gasteiger partial charge in [-0.05, 0) is 167 Å². The van der Waals surface area contributed by atoms with Crippen LogP contribution in [-0.4, -0.2) is 131 Å². The summed E-state index contributed by atoms with van der Waals surface area (Å²) in [5, 5.41) is 21.3. The first kappa shape index (κ1) is 77.2. The molecule has 0 fully saturated rings. The van der Waals surface area contributed by atoms with Crippen LogP contribution < -0.4 is 33.1 Å². The summed E-state index contributed by atoms with van der Waals surface area (Å²) in [6.07, 6.45) is 3.78. The minimum absolute atomic E-state index is 0.0213. The molecule has 0 saturated heterocycles. The van der Waals surface area contributed by atoms with Gasteiger partial charge in [0, 0.05) is 99.1 Å². The fraction of sp³-hybridized carbons (Fsp3) is 0.237. The molecule has 0 radical (unpaired) electrons. The molecule has 7 aromatic carbocycles. The summed E-state index contributed by atoms with van der Waals surface area (Å²) in [4.78, 5) is 97.5. The molecule has 0 aliphatic carbocycles. The zero-order chi connectivity index (χ0) is 78.0. The number of aromatic amines is 5. The monoisotopic (exact) mass is 1560 g/mol. The third-order valence-corrected chi connectivity index (χ3v) is 27.4. The Morgan fingerprint density at radius 1 is 0.409 bits per heavy atom. The van der Waals surface area contributed by atoms with Crippen molar-refractivity contribution in [1.29, 1.82) is 0 Å². The number of nitrogens with zero attached hydrogens (tertiary/aromatic N) is 4. The Morgan fingerprint density at radius 2 is 0.718 bits per heavy atom. The number of benzene rings is 7. The number of nitrogens with one attached hydrogen (secondary N) is 6. The number of fused-ring (bicyclic) bond motifs is 15. The van der Waals surface area contributed by atoms with Crippen LogP contribution in [0.3, 0.4) is 0 Å². The maximum atomic E-state index is 13.0. The van der Waals surface area contributed by atoms with Gasteiger partial charge in [0.05, 0.1) is 47.3 Å². The van der Waals surface area contributed by atoms with Gasteiger partial charge in [-0.25, -0.2) is 38.5 Å². The molecule has 0 atom stereocenters. The number of sulfonamides is 4. The highest BCUT2D eigenvalue weighted by molar-refractivity contribution is 7.92. The van der Waals surface area contributed by atoms with E-state index in [1.54, 1.807) is 42.5 Å². The molecule has 110 heavy (non-hydrogen) atoms. The number of hydrogen-bond donors (Lipinski definition) is 7. The number of aromatic nitrogens is 5. The predicted octanol–water partition coefficient (Wildman–Crippen LogP) is 8.61. The summed E-state index contributed by atoms with van der Waals surface area (Å²) < 4.78 is 105. The fourth-order valence-corrected chi connectivity index (χ4v) is 20.0. The third-order valence-electron chi connectivity index (χ3n) is 20.3. The average Bonchev–Trinajstić information content (AvgIpc) is 0.763. The molecule has 10 heterocycles. The molecular formula is C80H78N10O16S4. The molecule has 17 rings (SSSR count). The first-order valence-corrected chi connectivity index (χ1v) is 41.6. The Hall–Kier alpha value is -10.9. The van der Waals surface area contributed by atoms with Crippen molar-refractivity contribution in [2.24, 2.45) is 0 Å². The molecule has 26 nitrogen and oxygen atoms in total. The highest BCUT2D eigenvalue weighted by atomic mass is 32.2. The topological polar surface area (TPSA) is 380 Å². The van der Waals surface area contributed by atoms with Gasteiger partial charge < -0.3 is 35.3 Å². The number of carboxylic acids is 1. The van der Waals surface area contributed by atoms with Gasteiger partial charge in [0.25, 0.3) is 27.8 Å². The van der Waals surface area contributed by atoms with Crippen LogP contribution in [0.5, 0.6) is 0 Å². The lowest BCUT2D eigenvalue weighted by atomic mass is 9.99. The van der Waals surface area contributed by atoms with E-state index < -0.39 is 46.1 Å². The van der Waals surface area contributed by atoms with Gasteiger partial charge in [0.1, 0.15) is 0 Å². The first-order chi connectivity index (χ1) is 52.7. The molecule has 0 amide bonds. The van der Waals surface area contributed by atoms with E-state index in [4.69, 9.17) is 5.11 Å². The number of rotatable bonds is 11. The number of H-pyrrole nitrogens is 5. The smallest absolute Gasteiger partial charge is 0.335 e. The van der Waals surface area contributed by atoms with Crippen LogP contribution in [0, 0.1) is 0 Å². The van der Waals surface area contributed by atoms with Crippen molar-refractivity contribution >= 4 is 106 Å². The molecule has 7 N–H and O–H groups in total. The van der Waals surface area contributed by atoms with E-state index in [9.17, 15) is 67.2 Å². The number of carboxylic acid groups (broad SMARTS) is 1. The predicted molar refractivity (Wildman–Crippen MR) is 422 cm³/mol. The van der Waals surface area contributed by atoms with Crippen molar-refractivity contribution in [2.75, 3.05) is 38.5 Å². The Labute approximate surface area is 632 Å². The van der Waals surface area contributed by atoms with Gasteiger partial charge in [-0.1, -0.05) is 123 Å². The largest absolute Gasteiger partial charge is 0.478 e. The van der Waals surface area contributed by atoms with E-state index in [0.717, 1.165) is 96.9 Å². The minimum Gasteiger partial charge on any atom is -0.478 e. The molecule has 0 spiro atoms. The third kappa shape index (κ3) is 15.8. The molecule has 5 aromatic heterocycles. The lowest BCUT2D eigenvalue weighted by Gasteiger charge is -2.28. The summed E-state index contributed by atoms with van der Waals surface area (Å²) in [5.74, 6) is -1.22. The van der Waals surface area contributed by atoms with Gasteiger partial charge in [0.15, 0.2) is 5.78 Å². The van der Waals surface area contributed by atoms with Crippen LogP contribution in [0.4, 0.5) is 0 Å². The Kier molecular flexibility index (Phi) is 22.4. The zero-order valence-electron chi connectivity index (χ0n) is 60.0. The van der Waals surface area contributed by atoms with Crippen LogP contribution >= 0.6 is 0 Å². The molecule has 5 aliphatic rings. The van der Waals surface area contributed by atoms with Gasteiger partial charge in [-0.3, -0.25) is 28.8 Å². The second-order valence-corrected chi connectivity index (χ2v) is 34.8. The molecule has 568 valence electrons. The van der Waals surface area contributed by atoms with Crippen molar-refractivity contribution in [2.45, 2.75) is 94.9 Å². The van der Waals surface area contributed by atoms with Crippen molar-refractivity contribution in [3.05, 3.63) is 301 Å². The van der Waals surface area contributed by atoms with Crippen molar-refractivity contribution in [3.63, 3.8) is 0 Å². The van der Waals surface area contributed by atoms with Crippen molar-refractivity contribution in [3.8, 4) is 0 Å². The number of carbonyl (C=O) groups excluding carboxylic acids is 1. The number of aromatic carboxylic acids is 1. The number of carbonyl (C=O) groups is 2. The lowest BCUT2D eigenvalue weighted by molar-refractivity contribution is 0.0696. The summed E-state index contributed by atoms with van der Waals surface area (Å²) in [6, 6.07) is 48.6. The van der Waals surface area contributed by atoms with E-state index in [1.807, 2.05) is 97.9 Å². The first-order valence-electron chi connectivity index (χ1n) is 35.6. The summed E-state index contributed by atoms with van der Waals surface area (Å²) >= 11 is 0. The molecule has 30 heteroatoms. The van der Waals surface area contributed by atoms with Gasteiger partial charge in [-0.15, -0.1) is 0 Å². The lowest BCUT2D eigenvalue weighted by Crippen LogP contribution is -2.38. The fourth-order valence-electron chi connectivity index (χ4n) is 14.8. The van der Waals surface area contributed by atoms with Gasteiger partial charge >= 0.3 is 5.97 Å². The molecule has 12 aromatic rings. The van der Waals surface area contributed by atoms with Crippen LogP contribution in [0.1, 0.15) is 97.3 Å². The van der Waals surface area contributed by atoms with Gasteiger partial charge in [0.2, 0.25) is 40.1 Å². The number of hydrogen-bond acceptors (Lipinski definition) is 16. The van der Waals surface area contributed by atoms with Gasteiger partial charge in [-0.2, -0.15) is 17.2 Å². The minimum atomic E-state index is -3.88. The quantitative estimate of drug-likeness (QED) is 0.0596. The standard InChI is InChI=1S/C20H18N2O4S.C19H16N2O5S.C15H18N2O3S.C14H14N2O3S.C12H12N2O/c1-13(23)14-5-4-6-15(11-14)27(25,26)22-10-9-17-16-7-2-3-8-18(16)20(24)21-19(17)12-22;22-18-16-7-2-1-6-14(16)15-8-9-21(11-17(15)20-18)27(25,26)13-5-3-4-12(10-13)19(23)24;1-2-9-21(19,20)17-8-7-12-11-5-3-4-6-13(11)15(18)16-14(12)10-17;1-2-20(18,19)16-8-7-11-10-5-3-4-6-12(10)14(17)15-13(11)9-16;15-12-10-4-2-1-3-8(10)9-5-6-13-7-11(9)14-12/h2-8,11H,9-10,12H2,1H3,(H,21,24);1-7,10H,8-9,11H2,(H,20,22)(H,23,24);3-6H,2,7-10H2,1H3,(H,16,18);2-6H,1,7-9H2,(H,15,17);1-4,13H,5-7H2,(H,14,15). The molecule has 5 aliphatic heterocycles. The summed E-state index contributed by atoms with van der Waals surface area (Å²) in [5.41, 5.74) is 8.42. The van der Waals surface area contributed by atoms with E-state index in [1.165, 1.54) is 60.0 Å². The molecule has 0 saturated carbocycles. The van der Waals surface area contributed by atoms with Crippen molar-refractivity contribution in [1.82, 2.24) is 47.5 Å². The molecule has 0 bridgehead atoms. The van der Waals surface area contributed by atoms with E-state index in [2.05, 4.69) is 36.8 Å². The van der Waals surface area contributed by atoms with E-state index in [-0.39, 0.29) is 87.4 Å². The second-order valence-electron chi connectivity index (χ2n) is 27.0. The Balaban J connectivity index is 0.000000122. The zero-order valence-corrected chi connectivity index (χ0v) is 63.2. The van der Waals surface area contributed by atoms with E-state index >= 15 is 0 Å². The van der Waals surface area contributed by atoms with Crippen LogP contribution in [-0.2, 0) is 105 Å². The highest BCUT2D eigenvalue weighted by Crippen LogP contribution is 2.32. The van der Waals surface area contributed by atoms with Crippen LogP contribution in [0.2, 0.25) is 0 Å². The van der Waals surface area contributed by atoms with Crippen molar-refractivity contribution < 1.29 is 48.4 Å². The Morgan fingerprint density at radius 3 is 1.07 bits per heavy atom. The number of ketones is 1. The molecule has 0 unspecified atom stereocenters. The summed E-state index contributed by atoms with van der Waals surface area (Å²) in [7, 11) is -14.3. The molecular weight excluding hydrogens is 1490 g/mol. The maximum absolute atomic E-state index is 13.0. The highest BCUT2D eigenvalue weighted by Gasteiger charge is 2.34. The number of Topliss-reactive ketones (excluding diaryl/α,β-unsaturated/α-hetero) is 1. The van der Waals surface area contributed by atoms with Crippen LogP contribution in [0.15, 0.2) is 216 Å². The Bertz CT molecular complexity index is 6320. The van der Waals surface area contributed by atoms with E-state index in [0.29, 0.717) is 95.9 Å². The maximum Gasteiger partial charge on any atom is 0.335 e. The average molecular weight is 1560 g/mol.